The van der Waals surface area contributed by atoms with E-state index in [1.165, 1.54) is 11.1 Å². The second-order valence-corrected chi connectivity index (χ2v) is 5.43. The van der Waals surface area contributed by atoms with Gasteiger partial charge < -0.3 is 10.5 Å². The lowest BCUT2D eigenvalue weighted by Crippen LogP contribution is -2.28. The molecular formula is C15H23NO. The molecule has 2 N–H and O–H groups in total. The monoisotopic (exact) mass is 233 g/mol. The molecule has 0 fully saturated rings. The topological polar surface area (TPSA) is 35.2 Å². The summed E-state index contributed by atoms with van der Waals surface area (Å²) in [4.78, 5) is 0. The molecule has 2 atom stereocenters. The van der Waals surface area contributed by atoms with Crippen molar-refractivity contribution in [3.63, 3.8) is 0 Å². The Hall–Kier alpha value is -0.860. The van der Waals surface area contributed by atoms with E-state index in [9.17, 15) is 0 Å². The highest BCUT2D eigenvalue weighted by Gasteiger charge is 2.22. The minimum absolute atomic E-state index is 0.202. The third-order valence-electron chi connectivity index (χ3n) is 3.38. The number of benzene rings is 1. The van der Waals surface area contributed by atoms with Gasteiger partial charge in [-0.1, -0.05) is 38.1 Å². The van der Waals surface area contributed by atoms with Gasteiger partial charge in [-0.2, -0.15) is 0 Å². The van der Waals surface area contributed by atoms with Crippen LogP contribution in [0.5, 0.6) is 0 Å². The van der Waals surface area contributed by atoms with Gasteiger partial charge >= 0.3 is 0 Å². The molecule has 0 spiro atoms. The molecular weight excluding hydrogens is 210 g/mol. The van der Waals surface area contributed by atoms with Crippen molar-refractivity contribution in [3.8, 4) is 0 Å². The van der Waals surface area contributed by atoms with Crippen LogP contribution in [0.3, 0.4) is 0 Å². The summed E-state index contributed by atoms with van der Waals surface area (Å²) in [6.07, 6.45) is 3.25. The SMILES string of the molecule is CC(C)CC(N)CC1OCCc2ccccc21. The van der Waals surface area contributed by atoms with E-state index in [-0.39, 0.29) is 12.1 Å². The molecule has 2 unspecified atom stereocenters. The van der Waals surface area contributed by atoms with Gasteiger partial charge in [0.2, 0.25) is 0 Å². The molecule has 0 aliphatic carbocycles. The Kier molecular flexibility index (Phi) is 4.19. The van der Waals surface area contributed by atoms with Gasteiger partial charge in [0.15, 0.2) is 0 Å². The van der Waals surface area contributed by atoms with Crippen LogP contribution < -0.4 is 5.73 Å². The summed E-state index contributed by atoms with van der Waals surface area (Å²) in [7, 11) is 0. The third kappa shape index (κ3) is 3.30. The second kappa shape index (κ2) is 5.65. The number of fused-ring (bicyclic) bond motifs is 1. The maximum absolute atomic E-state index is 6.18. The van der Waals surface area contributed by atoms with Crippen LogP contribution in [-0.2, 0) is 11.2 Å². The molecule has 1 aromatic carbocycles. The fraction of sp³-hybridized carbons (Fsp3) is 0.600. The molecule has 0 amide bonds. The zero-order valence-corrected chi connectivity index (χ0v) is 10.9. The van der Waals surface area contributed by atoms with E-state index in [4.69, 9.17) is 10.5 Å². The van der Waals surface area contributed by atoms with Gasteiger partial charge in [0, 0.05) is 6.04 Å². The molecule has 0 radical (unpaired) electrons. The molecule has 1 aliphatic rings. The van der Waals surface area contributed by atoms with E-state index in [1.807, 2.05) is 0 Å². The zero-order chi connectivity index (χ0) is 12.3. The van der Waals surface area contributed by atoms with Crippen molar-refractivity contribution in [2.75, 3.05) is 6.61 Å². The molecule has 0 saturated heterocycles. The van der Waals surface area contributed by atoms with Gasteiger partial charge in [-0.15, -0.1) is 0 Å². The highest BCUT2D eigenvalue weighted by molar-refractivity contribution is 5.30. The summed E-state index contributed by atoms with van der Waals surface area (Å²) in [6, 6.07) is 8.83. The van der Waals surface area contributed by atoms with E-state index >= 15 is 0 Å². The lowest BCUT2D eigenvalue weighted by molar-refractivity contribution is 0.0308. The van der Waals surface area contributed by atoms with Gasteiger partial charge in [-0.05, 0) is 36.3 Å². The number of nitrogens with two attached hydrogens (primary N) is 1. The van der Waals surface area contributed by atoms with Crippen LogP contribution in [0.2, 0.25) is 0 Å². The summed E-state index contributed by atoms with van der Waals surface area (Å²) in [5.74, 6) is 0.656. The predicted molar refractivity (Wildman–Crippen MR) is 70.9 cm³/mol. The molecule has 0 saturated carbocycles. The van der Waals surface area contributed by atoms with Crippen LogP contribution >= 0.6 is 0 Å². The Morgan fingerprint density at radius 3 is 2.88 bits per heavy atom. The molecule has 0 bridgehead atoms. The van der Waals surface area contributed by atoms with Crippen molar-refractivity contribution < 1.29 is 4.74 Å². The lowest BCUT2D eigenvalue weighted by Gasteiger charge is -2.28. The van der Waals surface area contributed by atoms with Crippen LogP contribution in [0.15, 0.2) is 24.3 Å². The first-order chi connectivity index (χ1) is 8.16. The third-order valence-corrected chi connectivity index (χ3v) is 3.38. The zero-order valence-electron chi connectivity index (χ0n) is 10.9. The average molecular weight is 233 g/mol. The van der Waals surface area contributed by atoms with Crippen molar-refractivity contribution in [2.24, 2.45) is 11.7 Å². The van der Waals surface area contributed by atoms with Gasteiger partial charge in [0.1, 0.15) is 0 Å². The number of ether oxygens (including phenoxy) is 1. The smallest absolute Gasteiger partial charge is 0.0842 e. The Morgan fingerprint density at radius 2 is 2.12 bits per heavy atom. The number of hydrogen-bond donors (Lipinski definition) is 1. The number of hydrogen-bond acceptors (Lipinski definition) is 2. The molecule has 2 rings (SSSR count). The van der Waals surface area contributed by atoms with Crippen LogP contribution in [0.4, 0.5) is 0 Å². The van der Waals surface area contributed by atoms with Crippen LogP contribution in [-0.4, -0.2) is 12.6 Å². The molecule has 0 aromatic heterocycles. The summed E-state index contributed by atoms with van der Waals surface area (Å²) in [5.41, 5.74) is 8.96. The predicted octanol–water partition coefficient (Wildman–Crippen LogP) is 3.06. The molecule has 1 aliphatic heterocycles. The Morgan fingerprint density at radius 1 is 1.35 bits per heavy atom. The highest BCUT2D eigenvalue weighted by atomic mass is 16.5. The maximum Gasteiger partial charge on any atom is 0.0842 e. The van der Waals surface area contributed by atoms with Crippen LogP contribution in [0, 0.1) is 5.92 Å². The molecule has 2 nitrogen and oxygen atoms in total. The van der Waals surface area contributed by atoms with Crippen molar-refractivity contribution in [1.82, 2.24) is 0 Å². The fourth-order valence-electron chi connectivity index (χ4n) is 2.65. The van der Waals surface area contributed by atoms with E-state index < -0.39 is 0 Å². The minimum atomic E-state index is 0.202. The molecule has 2 heteroatoms. The van der Waals surface area contributed by atoms with Crippen molar-refractivity contribution in [2.45, 2.75) is 45.3 Å². The van der Waals surface area contributed by atoms with Crippen LogP contribution in [0.25, 0.3) is 0 Å². The summed E-state index contributed by atoms with van der Waals surface area (Å²) in [5, 5.41) is 0. The number of rotatable bonds is 4. The summed E-state index contributed by atoms with van der Waals surface area (Å²) in [6.45, 7) is 5.27. The average Bonchev–Trinajstić information content (AvgIpc) is 2.28. The van der Waals surface area contributed by atoms with Crippen molar-refractivity contribution in [1.29, 1.82) is 0 Å². The minimum Gasteiger partial charge on any atom is -0.373 e. The van der Waals surface area contributed by atoms with Crippen molar-refractivity contribution >= 4 is 0 Å². The molecule has 17 heavy (non-hydrogen) atoms. The fourth-order valence-corrected chi connectivity index (χ4v) is 2.65. The van der Waals surface area contributed by atoms with E-state index in [2.05, 4.69) is 38.1 Å². The molecule has 1 heterocycles. The highest BCUT2D eigenvalue weighted by Crippen LogP contribution is 2.30. The maximum atomic E-state index is 6.18. The quantitative estimate of drug-likeness (QED) is 0.867. The van der Waals surface area contributed by atoms with Crippen LogP contribution in [0.1, 0.15) is 43.9 Å². The first-order valence-electron chi connectivity index (χ1n) is 6.61. The Labute approximate surface area is 104 Å². The van der Waals surface area contributed by atoms with E-state index in [1.54, 1.807) is 0 Å². The Balaban J connectivity index is 2.03. The second-order valence-electron chi connectivity index (χ2n) is 5.43. The summed E-state index contributed by atoms with van der Waals surface area (Å²) >= 11 is 0. The van der Waals surface area contributed by atoms with Gasteiger partial charge in [0.05, 0.1) is 12.7 Å². The van der Waals surface area contributed by atoms with Gasteiger partial charge in [0.25, 0.3) is 0 Å². The largest absolute Gasteiger partial charge is 0.373 e. The van der Waals surface area contributed by atoms with E-state index in [0.717, 1.165) is 25.9 Å². The normalized spacial score (nSPS) is 21.3. The summed E-state index contributed by atoms with van der Waals surface area (Å²) < 4.78 is 5.88. The van der Waals surface area contributed by atoms with Gasteiger partial charge in [-0.3, -0.25) is 0 Å². The lowest BCUT2D eigenvalue weighted by atomic mass is 9.91. The van der Waals surface area contributed by atoms with Gasteiger partial charge in [-0.25, -0.2) is 0 Å². The standard InChI is InChI=1S/C15H23NO/c1-11(2)9-13(16)10-15-14-6-4-3-5-12(14)7-8-17-15/h3-6,11,13,15H,7-10,16H2,1-2H3. The molecule has 94 valence electrons. The molecule has 1 aromatic rings. The first kappa shape index (κ1) is 12.6. The van der Waals surface area contributed by atoms with Crippen molar-refractivity contribution in [3.05, 3.63) is 35.4 Å². The first-order valence-corrected chi connectivity index (χ1v) is 6.61. The van der Waals surface area contributed by atoms with E-state index in [0.29, 0.717) is 5.92 Å². The Bertz CT molecular complexity index is 362.